The van der Waals surface area contributed by atoms with Gasteiger partial charge in [-0.25, -0.2) is 4.98 Å². The Hall–Kier alpha value is -3.70. The summed E-state index contributed by atoms with van der Waals surface area (Å²) in [6, 6.07) is 27.1. The number of aromatic nitrogens is 3. The van der Waals surface area contributed by atoms with Crippen LogP contribution in [0.15, 0.2) is 77.5 Å². The van der Waals surface area contributed by atoms with E-state index in [0.717, 1.165) is 44.6 Å². The molecule has 0 aliphatic carbocycles. The van der Waals surface area contributed by atoms with Crippen LogP contribution in [0.2, 0.25) is 0 Å². The first-order chi connectivity index (χ1) is 18.9. The fraction of sp³-hybridized carbons (Fsp3) is 0.147. The first kappa shape index (κ1) is 27.9. The minimum absolute atomic E-state index is 0. The smallest absolute Gasteiger partial charge is 0.216 e. The molecule has 201 valence electrons. The van der Waals surface area contributed by atoms with E-state index in [0.29, 0.717) is 5.71 Å². The number of hydrogen-bond acceptors (Lipinski definition) is 5. The van der Waals surface area contributed by atoms with E-state index in [4.69, 9.17) is 4.42 Å². The summed E-state index contributed by atoms with van der Waals surface area (Å²) in [5.41, 5.74) is 9.95. The second-order valence-electron chi connectivity index (χ2n) is 9.90. The van der Waals surface area contributed by atoms with E-state index in [2.05, 4.69) is 91.2 Å². The van der Waals surface area contributed by atoms with Crippen molar-refractivity contribution >= 4 is 43.5 Å². The molecule has 1 radical (unpaired) electrons. The summed E-state index contributed by atoms with van der Waals surface area (Å²) >= 11 is 1.76. The monoisotopic (exact) mass is 718 g/mol. The van der Waals surface area contributed by atoms with Crippen molar-refractivity contribution in [1.29, 1.82) is 0 Å². The van der Waals surface area contributed by atoms with Gasteiger partial charge < -0.3 is 14.4 Å². The maximum absolute atomic E-state index is 6.06. The van der Waals surface area contributed by atoms with Gasteiger partial charge in [0, 0.05) is 48.5 Å². The molecule has 0 bridgehead atoms. The van der Waals surface area contributed by atoms with Gasteiger partial charge in [0.25, 0.3) is 0 Å². The molecule has 0 saturated heterocycles. The predicted molar refractivity (Wildman–Crippen MR) is 161 cm³/mol. The van der Waals surface area contributed by atoms with Crippen molar-refractivity contribution in [3.63, 3.8) is 0 Å². The zero-order valence-electron chi connectivity index (χ0n) is 22.9. The molecule has 0 saturated carbocycles. The van der Waals surface area contributed by atoms with E-state index in [9.17, 15) is 0 Å². The Morgan fingerprint density at radius 2 is 1.60 bits per heavy atom. The number of fused-ring (bicyclic) bond motifs is 4. The molecule has 7 aromatic rings. The summed E-state index contributed by atoms with van der Waals surface area (Å²) in [6.45, 7) is 10.3. The predicted octanol–water partition coefficient (Wildman–Crippen LogP) is 9.15. The van der Waals surface area contributed by atoms with Gasteiger partial charge in [-0.3, -0.25) is 0 Å². The second-order valence-corrected chi connectivity index (χ2v) is 11.2. The summed E-state index contributed by atoms with van der Waals surface area (Å²) in [5.74, 6) is 0. The van der Waals surface area contributed by atoms with Gasteiger partial charge >= 0.3 is 0 Å². The maximum atomic E-state index is 6.06. The first-order valence-corrected chi connectivity index (χ1v) is 13.7. The number of hydrogen-bond donors (Lipinski definition) is 0. The van der Waals surface area contributed by atoms with Crippen molar-refractivity contribution < 1.29 is 24.5 Å². The van der Waals surface area contributed by atoms with Gasteiger partial charge in [0.1, 0.15) is 0 Å². The molecular weight excluding hydrogens is 691 g/mol. The van der Waals surface area contributed by atoms with Gasteiger partial charge in [0.15, 0.2) is 0 Å². The van der Waals surface area contributed by atoms with Gasteiger partial charge in [0.05, 0.1) is 10.3 Å². The molecule has 2 aromatic carbocycles. The third-order valence-electron chi connectivity index (χ3n) is 6.84. The number of pyridine rings is 3. The minimum Gasteiger partial charge on any atom is -0.486 e. The molecule has 0 fully saturated rings. The number of aryl methyl sites for hydroxylation is 5. The second kappa shape index (κ2) is 11.4. The molecule has 0 aliphatic rings. The Balaban J connectivity index is 0.000000175. The van der Waals surface area contributed by atoms with Crippen LogP contribution in [-0.2, 0) is 20.1 Å². The van der Waals surface area contributed by atoms with E-state index >= 15 is 0 Å². The molecule has 0 aliphatic heterocycles. The molecule has 0 amide bonds. The van der Waals surface area contributed by atoms with Crippen molar-refractivity contribution in [2.75, 3.05) is 0 Å². The number of nitrogens with zero attached hydrogens (tertiary/aromatic N) is 3. The largest absolute Gasteiger partial charge is 0.486 e. The fourth-order valence-electron chi connectivity index (χ4n) is 4.55. The van der Waals surface area contributed by atoms with Crippen molar-refractivity contribution in [2.45, 2.75) is 34.6 Å². The molecule has 0 unspecified atom stereocenters. The van der Waals surface area contributed by atoms with E-state index in [1.165, 1.54) is 31.7 Å². The number of furan rings is 1. The Morgan fingerprint density at radius 1 is 0.775 bits per heavy atom. The Morgan fingerprint density at radius 3 is 2.38 bits per heavy atom. The fourth-order valence-corrected chi connectivity index (χ4v) is 5.43. The number of rotatable bonds is 2. The molecule has 7 rings (SSSR count). The zero-order chi connectivity index (χ0) is 27.1. The summed E-state index contributed by atoms with van der Waals surface area (Å²) in [7, 11) is 0. The Bertz CT molecular complexity index is 1970. The molecule has 40 heavy (non-hydrogen) atoms. The SMILES string of the molecule is Cc1c[c-]c(-c2cc(C)c(C)cn2)cc1.Cc1ccc2c(n1)oc1c(-c3cc4cc(C)sc4cn3)[c-]ccc12.[Ir]. The third-order valence-corrected chi connectivity index (χ3v) is 7.84. The van der Waals surface area contributed by atoms with Crippen LogP contribution in [0.1, 0.15) is 27.3 Å². The quantitative estimate of drug-likeness (QED) is 0.168. The van der Waals surface area contributed by atoms with Crippen LogP contribution in [-0.4, -0.2) is 15.0 Å². The van der Waals surface area contributed by atoms with E-state index in [1.54, 1.807) is 11.3 Å². The number of benzene rings is 2. The molecule has 0 spiro atoms. The summed E-state index contributed by atoms with van der Waals surface area (Å²) < 4.78 is 7.26. The molecule has 5 aromatic heterocycles. The van der Waals surface area contributed by atoms with E-state index in [-0.39, 0.29) is 20.1 Å². The third kappa shape index (κ3) is 5.48. The van der Waals surface area contributed by atoms with Crippen LogP contribution < -0.4 is 0 Å². The molecular formula is C34H27IrN3OS-2. The minimum atomic E-state index is 0. The molecule has 6 heteroatoms. The van der Waals surface area contributed by atoms with Crippen LogP contribution >= 0.6 is 11.3 Å². The summed E-state index contributed by atoms with van der Waals surface area (Å²) in [4.78, 5) is 14.8. The first-order valence-electron chi connectivity index (χ1n) is 12.8. The molecule has 4 nitrogen and oxygen atoms in total. The van der Waals surface area contributed by atoms with Crippen molar-refractivity contribution in [3.05, 3.63) is 112 Å². The standard InChI is InChI=1S/C20H13N2OS.C14H14N.Ir/c1-11-6-7-15-14-4-3-5-16(19(14)23-20(15)22-11)17-9-13-8-12(2)24-18(13)10-21-17;1-10-4-6-13(7-5-10)14-8-11(2)12(3)9-15-14;/h3-4,6-10H,1-2H3;4-6,8-9H,1-3H3;/q2*-1;. The molecule has 5 heterocycles. The average Bonchev–Trinajstić information content (AvgIpc) is 3.49. The van der Waals surface area contributed by atoms with Gasteiger partial charge in [0.2, 0.25) is 5.71 Å². The van der Waals surface area contributed by atoms with Crippen LogP contribution in [0.5, 0.6) is 0 Å². The van der Waals surface area contributed by atoms with E-state index < -0.39 is 0 Å². The normalized spacial score (nSPS) is 10.9. The zero-order valence-corrected chi connectivity index (χ0v) is 26.1. The summed E-state index contributed by atoms with van der Waals surface area (Å²) in [6.07, 6.45) is 3.85. The molecule has 0 atom stereocenters. The van der Waals surface area contributed by atoms with Crippen LogP contribution in [0.4, 0.5) is 0 Å². The van der Waals surface area contributed by atoms with Gasteiger partial charge in [-0.1, -0.05) is 35.6 Å². The number of thiophene rings is 1. The maximum Gasteiger partial charge on any atom is 0.216 e. The van der Waals surface area contributed by atoms with Crippen LogP contribution in [0.25, 0.3) is 54.7 Å². The van der Waals surface area contributed by atoms with Crippen molar-refractivity contribution in [3.8, 4) is 22.5 Å². The van der Waals surface area contributed by atoms with Crippen molar-refractivity contribution in [1.82, 2.24) is 15.0 Å². The van der Waals surface area contributed by atoms with E-state index in [1.807, 2.05) is 43.6 Å². The molecule has 0 N–H and O–H groups in total. The Kier molecular flexibility index (Phi) is 7.95. The average molecular weight is 718 g/mol. The van der Waals surface area contributed by atoms with Gasteiger partial charge in [-0.15, -0.1) is 64.9 Å². The van der Waals surface area contributed by atoms with Crippen LogP contribution in [0, 0.1) is 46.8 Å². The van der Waals surface area contributed by atoms with Gasteiger partial charge in [-0.05, 0) is 68.2 Å². The Labute approximate surface area is 251 Å². The van der Waals surface area contributed by atoms with Crippen molar-refractivity contribution in [2.24, 2.45) is 0 Å². The topological polar surface area (TPSA) is 51.8 Å². The van der Waals surface area contributed by atoms with Crippen LogP contribution in [0.3, 0.4) is 0 Å². The van der Waals surface area contributed by atoms with Gasteiger partial charge in [-0.2, -0.15) is 0 Å². The summed E-state index contributed by atoms with van der Waals surface area (Å²) in [5, 5.41) is 3.28.